The zero-order valence-electron chi connectivity index (χ0n) is 13.5. The summed E-state index contributed by atoms with van der Waals surface area (Å²) in [5.41, 5.74) is 0.844. The molecule has 0 heterocycles. The molecule has 0 spiro atoms. The molecule has 24 heavy (non-hydrogen) atoms. The molecule has 0 aliphatic rings. The zero-order valence-corrected chi connectivity index (χ0v) is 15.8. The van der Waals surface area contributed by atoms with Gasteiger partial charge in [-0.2, -0.15) is 4.39 Å². The first-order valence-corrected chi connectivity index (χ1v) is 8.46. The fraction of sp³-hybridized carbons (Fsp3) is 0.438. The number of hydrogen-bond acceptors (Lipinski definition) is 4. The van der Waals surface area contributed by atoms with E-state index in [9.17, 15) is 8.78 Å². The van der Waals surface area contributed by atoms with Crippen LogP contribution < -0.4 is 9.47 Å². The van der Waals surface area contributed by atoms with Crippen molar-refractivity contribution >= 4 is 33.2 Å². The molecule has 8 heteroatoms. The van der Waals surface area contributed by atoms with Crippen LogP contribution in [0.3, 0.4) is 0 Å². The lowest BCUT2D eigenvalue weighted by Gasteiger charge is -2.11. The van der Waals surface area contributed by atoms with Gasteiger partial charge in [-0.05, 0) is 48.7 Å². The fourth-order valence-corrected chi connectivity index (χ4v) is 1.96. The second-order valence-corrected chi connectivity index (χ2v) is 6.11. The molecule has 0 saturated heterocycles. The lowest BCUT2D eigenvalue weighted by molar-refractivity contribution is 0.135. The molecule has 1 rings (SSSR count). The monoisotopic (exact) mass is 425 g/mol. The third-order valence-corrected chi connectivity index (χ3v) is 3.19. The molecule has 1 aromatic carbocycles. The molecule has 0 bridgehead atoms. The number of oxime groups is 1. The third-order valence-electron chi connectivity index (χ3n) is 2.58. The molecule has 0 atom stereocenters. The quantitative estimate of drug-likeness (QED) is 0.276. The van der Waals surface area contributed by atoms with Crippen molar-refractivity contribution in [1.82, 2.24) is 0 Å². The van der Waals surface area contributed by atoms with Crippen molar-refractivity contribution in [2.24, 2.45) is 5.16 Å². The smallest absolute Gasteiger partial charge is 0.173 e. The minimum absolute atomic E-state index is 0.0328. The number of halogens is 4. The molecule has 0 unspecified atom stereocenters. The second-order valence-electron chi connectivity index (χ2n) is 4.95. The summed E-state index contributed by atoms with van der Waals surface area (Å²) in [6.07, 6.45) is 2.55. The lowest BCUT2D eigenvalue weighted by atomic mass is 10.3. The van der Waals surface area contributed by atoms with Crippen LogP contribution in [0.1, 0.15) is 26.7 Å². The minimum Gasteiger partial charge on any atom is -0.489 e. The Morgan fingerprint density at radius 3 is 2.58 bits per heavy atom. The van der Waals surface area contributed by atoms with Crippen molar-refractivity contribution < 1.29 is 23.1 Å². The molecule has 0 amide bonds. The average Bonchev–Trinajstić information content (AvgIpc) is 2.47. The maximum absolute atomic E-state index is 14.0. The largest absolute Gasteiger partial charge is 0.489 e. The first kappa shape index (κ1) is 20.7. The van der Waals surface area contributed by atoms with Gasteiger partial charge in [0.15, 0.2) is 16.3 Å². The summed E-state index contributed by atoms with van der Waals surface area (Å²) in [5, 5.41) is 3.90. The topological polar surface area (TPSA) is 40.0 Å². The molecule has 0 radical (unpaired) electrons. The molecule has 0 aliphatic carbocycles. The van der Waals surface area contributed by atoms with Crippen LogP contribution in [0.2, 0.25) is 5.02 Å². The van der Waals surface area contributed by atoms with Gasteiger partial charge in [-0.1, -0.05) is 16.8 Å². The Labute approximate surface area is 153 Å². The summed E-state index contributed by atoms with van der Waals surface area (Å²) in [4.78, 5) is 5.05. The molecule has 0 N–H and O–H groups in total. The summed E-state index contributed by atoms with van der Waals surface area (Å²) in [6, 6.07) is 2.56. The molecule has 0 saturated carbocycles. The number of ether oxygens (including phenoxy) is 2. The molecular weight excluding hydrogens is 408 g/mol. The molecular formula is C16H19BrClF2NO3. The van der Waals surface area contributed by atoms with Gasteiger partial charge in [-0.25, -0.2) is 4.39 Å². The van der Waals surface area contributed by atoms with Gasteiger partial charge in [-0.3, -0.25) is 0 Å². The molecule has 1 aromatic rings. The molecule has 4 nitrogen and oxygen atoms in total. The van der Waals surface area contributed by atoms with E-state index in [4.69, 9.17) is 25.9 Å². The summed E-state index contributed by atoms with van der Waals surface area (Å²) >= 11 is 8.61. The highest BCUT2D eigenvalue weighted by Crippen LogP contribution is 2.32. The van der Waals surface area contributed by atoms with Crippen molar-refractivity contribution in [3.8, 4) is 11.5 Å². The summed E-state index contributed by atoms with van der Waals surface area (Å²) in [6.45, 7) is 4.40. The maximum atomic E-state index is 14.0. The SMILES string of the molecule is CC(C)=NOCCCCOc1c(F)cc(OC/C=C(\F)Br)cc1Cl. The van der Waals surface area contributed by atoms with Crippen LogP contribution in [-0.4, -0.2) is 25.5 Å². The Hall–Kier alpha value is -1.34. The molecule has 134 valence electrons. The van der Waals surface area contributed by atoms with Gasteiger partial charge in [0.25, 0.3) is 0 Å². The standard InChI is InChI=1S/C16H19BrClF2NO3/c1-11(2)21-24-7-4-3-6-23-16-13(18)9-12(10-14(16)19)22-8-5-15(17)20/h5,9-10H,3-4,6-8H2,1-2H3/b15-5-. The predicted molar refractivity (Wildman–Crippen MR) is 94.5 cm³/mol. The number of benzene rings is 1. The van der Waals surface area contributed by atoms with E-state index in [-0.39, 0.29) is 23.1 Å². The minimum atomic E-state index is -0.636. The Kier molecular flexibility index (Phi) is 9.71. The van der Waals surface area contributed by atoms with E-state index in [0.29, 0.717) is 19.6 Å². The van der Waals surface area contributed by atoms with Gasteiger partial charge in [0, 0.05) is 12.1 Å². The first-order valence-electron chi connectivity index (χ1n) is 7.29. The van der Waals surface area contributed by atoms with E-state index < -0.39 is 10.6 Å². The highest BCUT2D eigenvalue weighted by atomic mass is 79.9. The van der Waals surface area contributed by atoms with Gasteiger partial charge in [0.05, 0.1) is 17.3 Å². The lowest BCUT2D eigenvalue weighted by Crippen LogP contribution is -2.03. The number of nitrogens with zero attached hydrogens (tertiary/aromatic N) is 1. The molecule has 0 aromatic heterocycles. The van der Waals surface area contributed by atoms with E-state index in [1.54, 1.807) is 0 Å². The van der Waals surface area contributed by atoms with Crippen molar-refractivity contribution in [3.63, 3.8) is 0 Å². The predicted octanol–water partition coefficient (Wildman–Crippen LogP) is 5.64. The Morgan fingerprint density at radius 2 is 1.96 bits per heavy atom. The van der Waals surface area contributed by atoms with Gasteiger partial charge < -0.3 is 14.3 Å². The summed E-state index contributed by atoms with van der Waals surface area (Å²) < 4.78 is 36.4. The van der Waals surface area contributed by atoms with E-state index in [1.165, 1.54) is 6.07 Å². The van der Waals surface area contributed by atoms with E-state index >= 15 is 0 Å². The van der Waals surface area contributed by atoms with Gasteiger partial charge in [0.1, 0.15) is 19.0 Å². The van der Waals surface area contributed by atoms with Gasteiger partial charge >= 0.3 is 0 Å². The Morgan fingerprint density at radius 1 is 1.25 bits per heavy atom. The van der Waals surface area contributed by atoms with Crippen molar-refractivity contribution in [1.29, 1.82) is 0 Å². The van der Waals surface area contributed by atoms with Crippen LogP contribution >= 0.6 is 27.5 Å². The van der Waals surface area contributed by atoms with Crippen molar-refractivity contribution in [3.05, 3.63) is 33.8 Å². The Balaban J connectivity index is 2.43. The summed E-state index contributed by atoms with van der Waals surface area (Å²) in [7, 11) is 0. The first-order chi connectivity index (χ1) is 11.4. The Bertz CT molecular complexity index is 566. The maximum Gasteiger partial charge on any atom is 0.173 e. The average molecular weight is 427 g/mol. The van der Waals surface area contributed by atoms with Crippen molar-refractivity contribution in [2.45, 2.75) is 26.7 Å². The van der Waals surface area contributed by atoms with E-state index in [1.807, 2.05) is 13.8 Å². The van der Waals surface area contributed by atoms with Gasteiger partial charge in [0.2, 0.25) is 0 Å². The van der Waals surface area contributed by atoms with E-state index in [0.717, 1.165) is 24.3 Å². The second kappa shape index (κ2) is 11.3. The van der Waals surface area contributed by atoms with E-state index in [2.05, 4.69) is 21.1 Å². The highest BCUT2D eigenvalue weighted by molar-refractivity contribution is 9.11. The zero-order chi connectivity index (χ0) is 17.9. The fourth-order valence-electron chi connectivity index (χ4n) is 1.58. The van der Waals surface area contributed by atoms with Crippen LogP contribution in [0.4, 0.5) is 8.78 Å². The van der Waals surface area contributed by atoms with Crippen LogP contribution in [0.5, 0.6) is 11.5 Å². The normalized spacial score (nSPS) is 11.2. The van der Waals surface area contributed by atoms with Crippen molar-refractivity contribution in [2.75, 3.05) is 19.8 Å². The molecule has 0 aliphatic heterocycles. The number of unbranched alkanes of at least 4 members (excludes halogenated alkanes) is 1. The van der Waals surface area contributed by atoms with Crippen LogP contribution in [0.15, 0.2) is 28.1 Å². The molecule has 0 fully saturated rings. The number of rotatable bonds is 10. The third kappa shape index (κ3) is 8.49. The number of hydrogen-bond donors (Lipinski definition) is 0. The summed E-state index contributed by atoms with van der Waals surface area (Å²) in [5.74, 6) is -0.478. The highest BCUT2D eigenvalue weighted by Gasteiger charge is 2.12. The van der Waals surface area contributed by atoms with Crippen LogP contribution in [0.25, 0.3) is 0 Å². The van der Waals surface area contributed by atoms with Crippen LogP contribution in [0, 0.1) is 5.82 Å². The van der Waals surface area contributed by atoms with Gasteiger partial charge in [-0.15, -0.1) is 0 Å². The van der Waals surface area contributed by atoms with Crippen LogP contribution in [-0.2, 0) is 4.84 Å².